The van der Waals surface area contributed by atoms with Crippen molar-refractivity contribution in [1.82, 2.24) is 4.98 Å². The van der Waals surface area contributed by atoms with Gasteiger partial charge in [-0.2, -0.15) is 0 Å². The highest BCUT2D eigenvalue weighted by molar-refractivity contribution is 5.93. The summed E-state index contributed by atoms with van der Waals surface area (Å²) in [6.07, 6.45) is 0.471. The number of carbonyl (C=O) groups excluding carboxylic acids is 1. The number of nitrogens with zero attached hydrogens (tertiary/aromatic N) is 1. The lowest BCUT2D eigenvalue weighted by Crippen LogP contribution is -2.21. The van der Waals surface area contributed by atoms with Gasteiger partial charge in [-0.05, 0) is 24.1 Å². The van der Waals surface area contributed by atoms with Gasteiger partial charge in [0, 0.05) is 6.20 Å². The molecule has 1 atom stereocenters. The van der Waals surface area contributed by atoms with Crippen molar-refractivity contribution < 1.29 is 9.90 Å². The van der Waals surface area contributed by atoms with Gasteiger partial charge in [0.2, 0.25) is 0 Å². The standard InChI is InChI=1S/C14H14N2O2/c1-10-7-8-12(15-9-10)16-14(18)13(17)11-5-3-2-4-6-11/h2-9,13,17H,1H3,(H,15,16,18). The molecule has 1 heterocycles. The van der Waals surface area contributed by atoms with Crippen LogP contribution in [0.4, 0.5) is 5.82 Å². The molecule has 0 saturated heterocycles. The maximum atomic E-state index is 11.8. The van der Waals surface area contributed by atoms with Gasteiger partial charge in [-0.3, -0.25) is 4.79 Å². The van der Waals surface area contributed by atoms with Gasteiger partial charge in [-0.1, -0.05) is 36.4 Å². The molecule has 0 aliphatic rings. The van der Waals surface area contributed by atoms with E-state index in [9.17, 15) is 9.90 Å². The van der Waals surface area contributed by atoms with E-state index < -0.39 is 12.0 Å². The van der Waals surface area contributed by atoms with Crippen molar-refractivity contribution in [2.45, 2.75) is 13.0 Å². The van der Waals surface area contributed by atoms with E-state index in [0.29, 0.717) is 11.4 Å². The smallest absolute Gasteiger partial charge is 0.258 e. The minimum atomic E-state index is -1.19. The van der Waals surface area contributed by atoms with Crippen LogP contribution < -0.4 is 5.32 Å². The molecule has 92 valence electrons. The molecule has 1 amide bonds. The zero-order chi connectivity index (χ0) is 13.0. The quantitative estimate of drug-likeness (QED) is 0.866. The molecular weight excluding hydrogens is 228 g/mol. The topological polar surface area (TPSA) is 62.2 Å². The molecular formula is C14H14N2O2. The first-order valence-electron chi connectivity index (χ1n) is 5.63. The van der Waals surface area contributed by atoms with Gasteiger partial charge in [0.15, 0.2) is 6.10 Å². The first kappa shape index (κ1) is 12.3. The van der Waals surface area contributed by atoms with Crippen LogP contribution >= 0.6 is 0 Å². The highest BCUT2D eigenvalue weighted by Gasteiger charge is 2.17. The summed E-state index contributed by atoms with van der Waals surface area (Å²) in [4.78, 5) is 15.8. The van der Waals surface area contributed by atoms with Gasteiger partial charge >= 0.3 is 0 Å². The zero-order valence-electron chi connectivity index (χ0n) is 10.00. The Morgan fingerprint density at radius 2 is 1.94 bits per heavy atom. The number of aryl methyl sites for hydroxylation is 1. The molecule has 1 aromatic carbocycles. The Bertz CT molecular complexity index is 523. The number of benzene rings is 1. The van der Waals surface area contributed by atoms with E-state index >= 15 is 0 Å². The third-order valence-electron chi connectivity index (χ3n) is 2.53. The molecule has 4 nitrogen and oxygen atoms in total. The summed E-state index contributed by atoms with van der Waals surface area (Å²) in [6.45, 7) is 1.91. The Labute approximate surface area is 105 Å². The Hall–Kier alpha value is -2.20. The predicted octanol–water partition coefficient (Wildman–Crippen LogP) is 2.06. The van der Waals surface area contributed by atoms with E-state index in [-0.39, 0.29) is 0 Å². The number of pyridine rings is 1. The van der Waals surface area contributed by atoms with Crippen molar-refractivity contribution in [3.8, 4) is 0 Å². The molecule has 0 spiro atoms. The Kier molecular flexibility index (Phi) is 3.69. The summed E-state index contributed by atoms with van der Waals surface area (Å²) in [5.74, 6) is -0.0573. The summed E-state index contributed by atoms with van der Waals surface area (Å²) in [5.41, 5.74) is 1.57. The lowest BCUT2D eigenvalue weighted by atomic mass is 10.1. The van der Waals surface area contributed by atoms with Crippen LogP contribution in [0.3, 0.4) is 0 Å². The van der Waals surface area contributed by atoms with E-state index in [1.165, 1.54) is 0 Å². The maximum absolute atomic E-state index is 11.8. The fraction of sp³-hybridized carbons (Fsp3) is 0.143. The minimum absolute atomic E-state index is 0.431. The molecule has 0 radical (unpaired) electrons. The summed E-state index contributed by atoms with van der Waals surface area (Å²) in [6, 6.07) is 12.3. The molecule has 0 fully saturated rings. The molecule has 18 heavy (non-hydrogen) atoms. The Balaban J connectivity index is 2.06. The molecule has 4 heteroatoms. The molecule has 2 N–H and O–H groups in total. The van der Waals surface area contributed by atoms with Crippen LogP contribution in [0.2, 0.25) is 0 Å². The first-order chi connectivity index (χ1) is 8.66. The molecule has 0 saturated carbocycles. The van der Waals surface area contributed by atoms with Crippen LogP contribution in [0.15, 0.2) is 48.7 Å². The van der Waals surface area contributed by atoms with Crippen LogP contribution in [0.1, 0.15) is 17.2 Å². The SMILES string of the molecule is Cc1ccc(NC(=O)C(O)c2ccccc2)nc1. The van der Waals surface area contributed by atoms with E-state index in [2.05, 4.69) is 10.3 Å². The number of anilines is 1. The van der Waals surface area contributed by atoms with Crippen molar-refractivity contribution in [3.05, 3.63) is 59.8 Å². The van der Waals surface area contributed by atoms with Crippen molar-refractivity contribution >= 4 is 11.7 Å². The van der Waals surface area contributed by atoms with Gasteiger partial charge in [0.05, 0.1) is 0 Å². The average molecular weight is 242 g/mol. The summed E-state index contributed by atoms with van der Waals surface area (Å²) in [7, 11) is 0. The fourth-order valence-corrected chi connectivity index (χ4v) is 1.52. The summed E-state index contributed by atoms with van der Waals surface area (Å²) < 4.78 is 0. The molecule has 1 aromatic heterocycles. The normalized spacial score (nSPS) is 11.9. The van der Waals surface area contributed by atoms with Crippen LogP contribution in [0.25, 0.3) is 0 Å². The monoisotopic (exact) mass is 242 g/mol. The largest absolute Gasteiger partial charge is 0.378 e. The van der Waals surface area contributed by atoms with Crippen LogP contribution in [0, 0.1) is 6.92 Å². The highest BCUT2D eigenvalue weighted by atomic mass is 16.3. The molecule has 1 unspecified atom stereocenters. The third kappa shape index (κ3) is 2.93. The van der Waals surface area contributed by atoms with Crippen LogP contribution in [-0.2, 0) is 4.79 Å². The molecule has 0 aliphatic heterocycles. The zero-order valence-corrected chi connectivity index (χ0v) is 10.00. The highest BCUT2D eigenvalue weighted by Crippen LogP contribution is 2.14. The first-order valence-corrected chi connectivity index (χ1v) is 5.63. The van der Waals surface area contributed by atoms with Gasteiger partial charge in [0.25, 0.3) is 5.91 Å². The maximum Gasteiger partial charge on any atom is 0.258 e. The van der Waals surface area contributed by atoms with Crippen LogP contribution in [0.5, 0.6) is 0 Å². The van der Waals surface area contributed by atoms with Gasteiger partial charge in [0.1, 0.15) is 5.82 Å². The van der Waals surface area contributed by atoms with Gasteiger partial charge in [-0.15, -0.1) is 0 Å². The number of hydrogen-bond donors (Lipinski definition) is 2. The van der Waals surface area contributed by atoms with Crippen molar-refractivity contribution in [3.63, 3.8) is 0 Å². The second kappa shape index (κ2) is 5.42. The minimum Gasteiger partial charge on any atom is -0.378 e. The van der Waals surface area contributed by atoms with Crippen molar-refractivity contribution in [1.29, 1.82) is 0 Å². The van der Waals surface area contributed by atoms with Crippen molar-refractivity contribution in [2.75, 3.05) is 5.32 Å². The molecule has 2 aromatic rings. The summed E-state index contributed by atoms with van der Waals surface area (Å²) in [5, 5.41) is 12.4. The number of nitrogens with one attached hydrogen (secondary N) is 1. The number of hydrogen-bond acceptors (Lipinski definition) is 3. The van der Waals surface area contributed by atoms with Gasteiger partial charge < -0.3 is 10.4 Å². The molecule has 2 rings (SSSR count). The lowest BCUT2D eigenvalue weighted by molar-refractivity contribution is -0.124. The number of amides is 1. The number of rotatable bonds is 3. The van der Waals surface area contributed by atoms with Crippen molar-refractivity contribution in [2.24, 2.45) is 0 Å². The van der Waals surface area contributed by atoms with E-state index in [1.807, 2.05) is 19.1 Å². The number of aliphatic hydroxyl groups is 1. The second-order valence-corrected chi connectivity index (χ2v) is 4.02. The van der Waals surface area contributed by atoms with Crippen LogP contribution in [-0.4, -0.2) is 16.0 Å². The van der Waals surface area contributed by atoms with E-state index in [0.717, 1.165) is 5.56 Å². The predicted molar refractivity (Wildman–Crippen MR) is 69.0 cm³/mol. The molecule has 0 aliphatic carbocycles. The summed E-state index contributed by atoms with van der Waals surface area (Å²) >= 11 is 0. The fourth-order valence-electron chi connectivity index (χ4n) is 1.52. The average Bonchev–Trinajstić information content (AvgIpc) is 2.41. The lowest BCUT2D eigenvalue weighted by Gasteiger charge is -2.11. The number of aliphatic hydroxyl groups excluding tert-OH is 1. The van der Waals surface area contributed by atoms with Gasteiger partial charge in [-0.25, -0.2) is 4.98 Å². The molecule has 0 bridgehead atoms. The second-order valence-electron chi connectivity index (χ2n) is 4.02. The Morgan fingerprint density at radius 1 is 1.22 bits per heavy atom. The number of aromatic nitrogens is 1. The number of carbonyl (C=O) groups is 1. The Morgan fingerprint density at radius 3 is 2.56 bits per heavy atom. The third-order valence-corrected chi connectivity index (χ3v) is 2.53. The van der Waals surface area contributed by atoms with E-state index in [1.54, 1.807) is 36.5 Å². The van der Waals surface area contributed by atoms with E-state index in [4.69, 9.17) is 0 Å².